The second-order valence-corrected chi connectivity index (χ2v) is 9.03. The van der Waals surface area contributed by atoms with Gasteiger partial charge in [-0.15, -0.1) is 11.3 Å². The molecule has 14 heteroatoms. The number of nitrogens with zero attached hydrogens (tertiary/aromatic N) is 3. The van der Waals surface area contributed by atoms with E-state index in [-0.39, 0.29) is 25.1 Å². The number of hydrogen-bond acceptors (Lipinski definition) is 10. The number of aliphatic carboxylic acids is 1. The largest absolute Gasteiger partial charge is 0.548 e. The van der Waals surface area contributed by atoms with Crippen molar-refractivity contribution in [3.8, 4) is 0 Å². The Labute approximate surface area is 210 Å². The van der Waals surface area contributed by atoms with E-state index >= 15 is 0 Å². The highest BCUT2D eigenvalue weighted by Crippen LogP contribution is 2.20. The molecule has 0 spiro atoms. The Kier molecular flexibility index (Phi) is 9.41. The van der Waals surface area contributed by atoms with E-state index in [1.807, 2.05) is 5.38 Å². The van der Waals surface area contributed by atoms with Gasteiger partial charge in [0.1, 0.15) is 24.4 Å². The molecule has 0 aromatic carbocycles. The summed E-state index contributed by atoms with van der Waals surface area (Å²) in [6.45, 7) is -1.29. The van der Waals surface area contributed by atoms with Crippen molar-refractivity contribution in [3.63, 3.8) is 0 Å². The Bertz CT molecular complexity index is 1080. The molecule has 0 radical (unpaired) electrons. The Morgan fingerprint density at radius 2 is 2.06 bits per heavy atom. The third-order valence-corrected chi connectivity index (χ3v) is 6.35. The number of carboxylic acids is 1. The van der Waals surface area contributed by atoms with Gasteiger partial charge in [0.15, 0.2) is 0 Å². The highest BCUT2D eigenvalue weighted by molar-refractivity contribution is 7.09. The molecule has 0 bridgehead atoms. The number of rotatable bonds is 11. The molecule has 0 unspecified atom stereocenters. The van der Waals surface area contributed by atoms with Crippen LogP contribution in [0.2, 0.25) is 0 Å². The number of thiophene rings is 1. The van der Waals surface area contributed by atoms with Gasteiger partial charge in [-0.05, 0) is 24.3 Å². The monoisotopic (exact) mass is 517 g/mol. The number of ether oxygens (including phenoxy) is 1. The molecule has 192 valence electrons. The fourth-order valence-electron chi connectivity index (χ4n) is 3.74. The minimum atomic E-state index is -1.49. The number of nitrogens with two attached hydrogens (primary N) is 1. The standard InChI is InChI=1S/C22H26N6O7S/c23-20(32)15(9-14-2-1-7-36-14)27-22(34)17-8-13(26-21(33)16-10-24-4-5-25-16)3-6-28(17)18(29)11-35-12-19(30)31/h1-2,4-5,7,10,13,15,17H,3,6,8-9,11-12H2,(H2,23,32)(H,26,33)(H,27,34)(H,30,31)/p-1/t13-,15-,17-/m0/s1. The van der Waals surface area contributed by atoms with Crippen LogP contribution < -0.4 is 21.5 Å². The van der Waals surface area contributed by atoms with E-state index in [4.69, 9.17) is 10.5 Å². The van der Waals surface area contributed by atoms with Gasteiger partial charge in [-0.25, -0.2) is 4.98 Å². The molecule has 1 saturated heterocycles. The summed E-state index contributed by atoms with van der Waals surface area (Å²) in [5.41, 5.74) is 5.59. The Morgan fingerprint density at radius 1 is 1.25 bits per heavy atom. The summed E-state index contributed by atoms with van der Waals surface area (Å²) in [6.07, 6.45) is 4.63. The van der Waals surface area contributed by atoms with E-state index in [1.54, 1.807) is 12.1 Å². The van der Waals surface area contributed by atoms with Crippen LogP contribution in [0.4, 0.5) is 0 Å². The van der Waals surface area contributed by atoms with Crippen molar-refractivity contribution < 1.29 is 33.8 Å². The summed E-state index contributed by atoms with van der Waals surface area (Å²) in [7, 11) is 0. The maximum Gasteiger partial charge on any atom is 0.271 e. The van der Waals surface area contributed by atoms with Gasteiger partial charge in [-0.3, -0.25) is 24.2 Å². The van der Waals surface area contributed by atoms with Gasteiger partial charge in [0.2, 0.25) is 17.7 Å². The number of primary amides is 1. The molecular formula is C22H25N6O7S-. The van der Waals surface area contributed by atoms with Crippen LogP contribution in [0, 0.1) is 0 Å². The van der Waals surface area contributed by atoms with Gasteiger partial charge in [-0.2, -0.15) is 0 Å². The number of hydrogen-bond donors (Lipinski definition) is 3. The normalized spacial score (nSPS) is 18.2. The van der Waals surface area contributed by atoms with Crippen LogP contribution in [-0.4, -0.2) is 82.3 Å². The van der Waals surface area contributed by atoms with Crippen molar-refractivity contribution in [2.45, 2.75) is 37.4 Å². The number of likely N-dealkylation sites (tertiary alicyclic amines) is 1. The second kappa shape index (κ2) is 12.7. The molecule has 0 saturated carbocycles. The molecule has 1 aliphatic rings. The summed E-state index contributed by atoms with van der Waals surface area (Å²) in [5, 5.41) is 17.8. The molecule has 36 heavy (non-hydrogen) atoms. The Balaban J connectivity index is 1.72. The Morgan fingerprint density at radius 3 is 2.69 bits per heavy atom. The predicted octanol–water partition coefficient (Wildman–Crippen LogP) is -2.39. The summed E-state index contributed by atoms with van der Waals surface area (Å²) < 4.78 is 4.83. The van der Waals surface area contributed by atoms with Gasteiger partial charge in [0, 0.05) is 36.3 Å². The lowest BCUT2D eigenvalue weighted by Crippen LogP contribution is -2.60. The number of piperidine rings is 1. The van der Waals surface area contributed by atoms with Gasteiger partial charge in [-0.1, -0.05) is 6.07 Å². The van der Waals surface area contributed by atoms with Gasteiger partial charge < -0.3 is 35.9 Å². The number of carboxylic acid groups (broad SMARTS) is 1. The fraction of sp³-hybridized carbons (Fsp3) is 0.409. The molecule has 2 aromatic rings. The van der Waals surface area contributed by atoms with Crippen LogP contribution in [0.1, 0.15) is 28.2 Å². The summed E-state index contributed by atoms with van der Waals surface area (Å²) in [4.78, 5) is 71.0. The van der Waals surface area contributed by atoms with Gasteiger partial charge >= 0.3 is 0 Å². The number of carbonyl (C=O) groups is 5. The number of nitrogens with one attached hydrogen (secondary N) is 2. The number of carbonyl (C=O) groups excluding carboxylic acids is 5. The number of aromatic nitrogens is 2. The summed E-state index contributed by atoms with van der Waals surface area (Å²) >= 11 is 1.40. The molecule has 3 heterocycles. The van der Waals surface area contributed by atoms with Gasteiger partial charge in [0.05, 0.1) is 18.8 Å². The minimum Gasteiger partial charge on any atom is -0.548 e. The quantitative estimate of drug-likeness (QED) is 0.291. The molecule has 0 aliphatic carbocycles. The van der Waals surface area contributed by atoms with Gasteiger partial charge in [0.25, 0.3) is 5.91 Å². The maximum atomic E-state index is 13.3. The van der Waals surface area contributed by atoms with Crippen molar-refractivity contribution in [3.05, 3.63) is 46.7 Å². The highest BCUT2D eigenvalue weighted by atomic mass is 32.1. The second-order valence-electron chi connectivity index (χ2n) is 8.00. The van der Waals surface area contributed by atoms with Crippen molar-refractivity contribution in [2.75, 3.05) is 19.8 Å². The lowest BCUT2D eigenvalue weighted by molar-refractivity contribution is -0.309. The molecule has 3 atom stereocenters. The zero-order valence-corrected chi connectivity index (χ0v) is 19.9. The smallest absolute Gasteiger partial charge is 0.271 e. The zero-order valence-electron chi connectivity index (χ0n) is 19.1. The fourth-order valence-corrected chi connectivity index (χ4v) is 4.50. The first-order chi connectivity index (χ1) is 17.2. The third kappa shape index (κ3) is 7.55. The molecule has 13 nitrogen and oxygen atoms in total. The van der Waals surface area contributed by atoms with Crippen molar-refractivity contribution in [1.29, 1.82) is 0 Å². The van der Waals surface area contributed by atoms with Crippen molar-refractivity contribution in [1.82, 2.24) is 25.5 Å². The first-order valence-electron chi connectivity index (χ1n) is 11.0. The van der Waals surface area contributed by atoms with Crippen molar-refractivity contribution >= 4 is 40.9 Å². The Hall–Kier alpha value is -3.91. The van der Waals surface area contributed by atoms with Crippen LogP contribution >= 0.6 is 11.3 Å². The lowest BCUT2D eigenvalue weighted by Gasteiger charge is -2.39. The van der Waals surface area contributed by atoms with Crippen LogP contribution in [0.5, 0.6) is 0 Å². The topological polar surface area (TPSA) is 197 Å². The summed E-state index contributed by atoms with van der Waals surface area (Å²) in [5.74, 6) is -3.97. The highest BCUT2D eigenvalue weighted by Gasteiger charge is 2.38. The maximum absolute atomic E-state index is 13.3. The van der Waals surface area contributed by atoms with E-state index in [2.05, 4.69) is 20.6 Å². The van der Waals surface area contributed by atoms with E-state index in [9.17, 15) is 29.1 Å². The van der Waals surface area contributed by atoms with E-state index in [0.29, 0.717) is 6.42 Å². The zero-order chi connectivity index (χ0) is 26.1. The SMILES string of the molecule is NC(=O)[C@H](Cc1cccs1)NC(=O)[C@@H]1C[C@@H](NC(=O)c2cnccn2)CCN1C(=O)COCC(=O)[O-]. The molecule has 2 aromatic heterocycles. The van der Waals surface area contributed by atoms with E-state index in [0.717, 1.165) is 4.88 Å². The van der Waals surface area contributed by atoms with E-state index in [1.165, 1.54) is 34.8 Å². The number of amides is 4. The average Bonchev–Trinajstić information content (AvgIpc) is 3.37. The first kappa shape index (κ1) is 26.7. The van der Waals surface area contributed by atoms with Crippen LogP contribution in [0.15, 0.2) is 36.1 Å². The minimum absolute atomic E-state index is 0.0363. The lowest BCUT2D eigenvalue weighted by atomic mass is 9.95. The molecule has 1 fully saturated rings. The molecule has 1 aliphatic heterocycles. The molecule has 3 rings (SSSR count). The average molecular weight is 518 g/mol. The van der Waals surface area contributed by atoms with E-state index < -0.39 is 60.9 Å². The molecular weight excluding hydrogens is 492 g/mol. The van der Waals surface area contributed by atoms with Crippen LogP contribution in [0.3, 0.4) is 0 Å². The van der Waals surface area contributed by atoms with Crippen molar-refractivity contribution in [2.24, 2.45) is 5.73 Å². The first-order valence-corrected chi connectivity index (χ1v) is 11.9. The molecule has 4 amide bonds. The molecule has 4 N–H and O–H groups in total. The van der Waals surface area contributed by atoms with Crippen LogP contribution in [0.25, 0.3) is 0 Å². The summed E-state index contributed by atoms with van der Waals surface area (Å²) in [6, 6.07) is 1.02. The van der Waals surface area contributed by atoms with Crippen LogP contribution in [-0.2, 0) is 30.3 Å². The third-order valence-electron chi connectivity index (χ3n) is 5.45. The predicted molar refractivity (Wildman–Crippen MR) is 123 cm³/mol.